The molecule has 1 aliphatic carbocycles. The molecule has 0 aromatic carbocycles. The van der Waals surface area contributed by atoms with Crippen LogP contribution in [0.4, 0.5) is 4.39 Å². The van der Waals surface area contributed by atoms with Crippen molar-refractivity contribution in [2.24, 2.45) is 5.92 Å². The fourth-order valence-electron chi connectivity index (χ4n) is 2.66. The lowest BCUT2D eigenvalue weighted by Crippen LogP contribution is -2.44. The van der Waals surface area contributed by atoms with Crippen LogP contribution < -0.4 is 0 Å². The number of carbonyl (C=O) groups is 1. The number of hydrogen-bond donors (Lipinski definition) is 1. The number of Topliss-reactive ketones (excluding diaryl/α,β-unsaturated/α-hetero) is 1. The molecular formula is C16H23FN2O2. The van der Waals surface area contributed by atoms with E-state index in [1.165, 1.54) is 31.4 Å². The number of aliphatic hydroxyl groups excluding tert-OH is 1. The molecule has 116 valence electrons. The fraction of sp³-hybridized carbons (Fsp3) is 0.625. The Morgan fingerprint density at radius 3 is 2.81 bits per heavy atom. The number of hydrogen-bond acceptors (Lipinski definition) is 4. The van der Waals surface area contributed by atoms with Crippen molar-refractivity contribution in [3.63, 3.8) is 0 Å². The Kier molecular flexibility index (Phi) is 5.82. The van der Waals surface area contributed by atoms with E-state index in [9.17, 15) is 9.18 Å². The van der Waals surface area contributed by atoms with Gasteiger partial charge in [0.15, 0.2) is 5.78 Å². The molecule has 0 radical (unpaired) electrons. The van der Waals surface area contributed by atoms with Crippen LogP contribution in [0.3, 0.4) is 0 Å². The third kappa shape index (κ3) is 4.32. The van der Waals surface area contributed by atoms with E-state index >= 15 is 0 Å². The van der Waals surface area contributed by atoms with E-state index in [2.05, 4.69) is 9.88 Å². The van der Waals surface area contributed by atoms with Crippen molar-refractivity contribution < 1.29 is 14.3 Å². The third-order valence-electron chi connectivity index (χ3n) is 4.13. The summed E-state index contributed by atoms with van der Waals surface area (Å²) in [5.74, 6) is -0.663. The molecule has 0 bridgehead atoms. The first-order valence-corrected chi connectivity index (χ1v) is 7.62. The van der Waals surface area contributed by atoms with Gasteiger partial charge in [0.05, 0.1) is 6.20 Å². The Hall–Kier alpha value is -1.33. The maximum atomic E-state index is 12.9. The lowest BCUT2D eigenvalue weighted by Gasteiger charge is -2.38. The van der Waals surface area contributed by atoms with E-state index in [1.807, 2.05) is 6.92 Å². The SMILES string of the molecule is CC(CN(CCCO)C1CCC1)C(=O)c1ccc(F)cn1. The molecule has 0 saturated heterocycles. The van der Waals surface area contributed by atoms with Gasteiger partial charge >= 0.3 is 0 Å². The molecule has 1 aliphatic rings. The van der Waals surface area contributed by atoms with Crippen LogP contribution in [-0.4, -0.2) is 46.5 Å². The Labute approximate surface area is 125 Å². The van der Waals surface area contributed by atoms with Crippen LogP contribution in [0.25, 0.3) is 0 Å². The highest BCUT2D eigenvalue weighted by Gasteiger charge is 2.28. The number of ketones is 1. The third-order valence-corrected chi connectivity index (χ3v) is 4.13. The minimum Gasteiger partial charge on any atom is -0.396 e. The van der Waals surface area contributed by atoms with Crippen molar-refractivity contribution >= 4 is 5.78 Å². The lowest BCUT2D eigenvalue weighted by atomic mass is 9.90. The van der Waals surface area contributed by atoms with E-state index in [0.717, 1.165) is 19.2 Å². The van der Waals surface area contributed by atoms with Gasteiger partial charge in [-0.1, -0.05) is 13.3 Å². The zero-order valence-corrected chi connectivity index (χ0v) is 12.5. The van der Waals surface area contributed by atoms with E-state index in [-0.39, 0.29) is 18.3 Å². The number of rotatable bonds is 8. The highest BCUT2D eigenvalue weighted by atomic mass is 19.1. The monoisotopic (exact) mass is 294 g/mol. The first-order chi connectivity index (χ1) is 10.1. The van der Waals surface area contributed by atoms with Crippen LogP contribution in [0, 0.1) is 11.7 Å². The smallest absolute Gasteiger partial charge is 0.185 e. The molecule has 2 rings (SSSR count). The first-order valence-electron chi connectivity index (χ1n) is 7.62. The molecule has 0 spiro atoms. The molecule has 4 nitrogen and oxygen atoms in total. The molecular weight excluding hydrogens is 271 g/mol. The topological polar surface area (TPSA) is 53.4 Å². The first kappa shape index (κ1) is 16.0. The van der Waals surface area contributed by atoms with Crippen LogP contribution in [0.1, 0.15) is 43.1 Å². The number of aromatic nitrogens is 1. The molecule has 21 heavy (non-hydrogen) atoms. The molecule has 1 fully saturated rings. The van der Waals surface area contributed by atoms with Gasteiger partial charge in [0.2, 0.25) is 0 Å². The van der Waals surface area contributed by atoms with Crippen LogP contribution in [0.5, 0.6) is 0 Å². The second kappa shape index (κ2) is 7.61. The van der Waals surface area contributed by atoms with Gasteiger partial charge in [-0.05, 0) is 31.4 Å². The molecule has 1 aromatic heterocycles. The fourth-order valence-corrected chi connectivity index (χ4v) is 2.66. The van der Waals surface area contributed by atoms with Crippen molar-refractivity contribution in [3.05, 3.63) is 29.8 Å². The Morgan fingerprint density at radius 2 is 2.29 bits per heavy atom. The molecule has 1 aromatic rings. The summed E-state index contributed by atoms with van der Waals surface area (Å²) in [6.45, 7) is 3.54. The summed E-state index contributed by atoms with van der Waals surface area (Å²) in [6.07, 6.45) is 5.38. The Balaban J connectivity index is 1.95. The van der Waals surface area contributed by atoms with Gasteiger partial charge in [0.25, 0.3) is 0 Å². The standard InChI is InChI=1S/C16H23FN2O2/c1-12(16(21)15-7-6-13(17)10-18-15)11-19(8-3-9-20)14-4-2-5-14/h6-7,10,12,14,20H,2-5,8-9,11H2,1H3. The number of halogens is 1. The number of aliphatic hydroxyl groups is 1. The highest BCUT2D eigenvalue weighted by Crippen LogP contribution is 2.26. The molecule has 1 saturated carbocycles. The van der Waals surface area contributed by atoms with E-state index in [4.69, 9.17) is 5.11 Å². The normalized spacial score (nSPS) is 16.8. The molecule has 0 aliphatic heterocycles. The molecule has 1 N–H and O–H groups in total. The zero-order valence-electron chi connectivity index (χ0n) is 12.5. The average Bonchev–Trinajstić information content (AvgIpc) is 2.42. The lowest BCUT2D eigenvalue weighted by molar-refractivity contribution is 0.0766. The molecule has 1 heterocycles. The van der Waals surface area contributed by atoms with Gasteiger partial charge in [-0.2, -0.15) is 0 Å². The van der Waals surface area contributed by atoms with Crippen molar-refractivity contribution in [1.29, 1.82) is 0 Å². The van der Waals surface area contributed by atoms with Crippen molar-refractivity contribution in [3.8, 4) is 0 Å². The van der Waals surface area contributed by atoms with Crippen LogP contribution in [0.15, 0.2) is 18.3 Å². The predicted molar refractivity (Wildman–Crippen MR) is 78.6 cm³/mol. The molecule has 5 heteroatoms. The maximum Gasteiger partial charge on any atom is 0.185 e. The van der Waals surface area contributed by atoms with E-state index < -0.39 is 5.82 Å². The van der Waals surface area contributed by atoms with Gasteiger partial charge in [-0.25, -0.2) is 4.39 Å². The maximum absolute atomic E-state index is 12.9. The minimum atomic E-state index is -0.432. The summed E-state index contributed by atoms with van der Waals surface area (Å²) in [6, 6.07) is 3.24. The quantitative estimate of drug-likeness (QED) is 0.747. The van der Waals surface area contributed by atoms with Crippen LogP contribution in [-0.2, 0) is 0 Å². The minimum absolute atomic E-state index is 0.0525. The van der Waals surface area contributed by atoms with Crippen LogP contribution >= 0.6 is 0 Å². The summed E-state index contributed by atoms with van der Waals surface area (Å²) in [7, 11) is 0. The summed E-state index contributed by atoms with van der Waals surface area (Å²) >= 11 is 0. The number of nitrogens with zero attached hydrogens (tertiary/aromatic N) is 2. The molecule has 0 amide bonds. The second-order valence-electron chi connectivity index (χ2n) is 5.78. The molecule has 1 unspecified atom stereocenters. The summed E-state index contributed by atoms with van der Waals surface area (Å²) in [4.78, 5) is 18.5. The Morgan fingerprint density at radius 1 is 1.52 bits per heavy atom. The van der Waals surface area contributed by atoms with Gasteiger partial charge < -0.3 is 5.11 Å². The number of carbonyl (C=O) groups excluding carboxylic acids is 1. The average molecular weight is 294 g/mol. The van der Waals surface area contributed by atoms with Crippen molar-refractivity contribution in [2.45, 2.75) is 38.6 Å². The highest BCUT2D eigenvalue weighted by molar-refractivity contribution is 5.95. The molecule has 1 atom stereocenters. The summed E-state index contributed by atoms with van der Waals surface area (Å²) < 4.78 is 12.9. The van der Waals surface area contributed by atoms with E-state index in [1.54, 1.807) is 0 Å². The van der Waals surface area contributed by atoms with Gasteiger partial charge in [0.1, 0.15) is 11.5 Å². The van der Waals surface area contributed by atoms with Crippen molar-refractivity contribution in [1.82, 2.24) is 9.88 Å². The largest absolute Gasteiger partial charge is 0.396 e. The predicted octanol–water partition coefficient (Wildman–Crippen LogP) is 2.28. The Bertz CT molecular complexity index is 460. The van der Waals surface area contributed by atoms with Gasteiger partial charge in [-0.3, -0.25) is 14.7 Å². The number of pyridine rings is 1. The zero-order chi connectivity index (χ0) is 15.2. The second-order valence-corrected chi connectivity index (χ2v) is 5.78. The van der Waals surface area contributed by atoms with E-state index in [0.29, 0.717) is 18.3 Å². The van der Waals surface area contributed by atoms with Crippen molar-refractivity contribution in [2.75, 3.05) is 19.7 Å². The summed E-state index contributed by atoms with van der Waals surface area (Å²) in [5.41, 5.74) is 0.319. The van der Waals surface area contributed by atoms with Crippen LogP contribution in [0.2, 0.25) is 0 Å². The summed E-state index contributed by atoms with van der Waals surface area (Å²) in [5, 5.41) is 9.00. The van der Waals surface area contributed by atoms with Gasteiger partial charge in [0, 0.05) is 31.7 Å². The van der Waals surface area contributed by atoms with Gasteiger partial charge in [-0.15, -0.1) is 0 Å².